The van der Waals surface area contributed by atoms with Gasteiger partial charge in [0.2, 0.25) is 0 Å². The van der Waals surface area contributed by atoms with Crippen molar-refractivity contribution >= 4 is 12.0 Å². The van der Waals surface area contributed by atoms with E-state index in [4.69, 9.17) is 5.11 Å². The minimum atomic E-state index is -0.795. The number of likely N-dealkylation sites (tertiary alicyclic amines) is 1. The fourth-order valence-electron chi connectivity index (χ4n) is 1.51. The SMILES string of the molecule is CC(C)(C)NC(=O)N1CC(CC(=O)O)C1. The second-order valence-electron chi connectivity index (χ2n) is 5.05. The molecule has 0 aliphatic carbocycles. The summed E-state index contributed by atoms with van der Waals surface area (Å²) in [4.78, 5) is 23.6. The second kappa shape index (κ2) is 4.08. The highest BCUT2D eigenvalue weighted by Crippen LogP contribution is 2.19. The van der Waals surface area contributed by atoms with Crippen molar-refractivity contribution in [2.75, 3.05) is 13.1 Å². The van der Waals surface area contributed by atoms with E-state index in [0.29, 0.717) is 13.1 Å². The van der Waals surface area contributed by atoms with Crippen molar-refractivity contribution in [3.05, 3.63) is 0 Å². The van der Waals surface area contributed by atoms with Crippen molar-refractivity contribution in [2.45, 2.75) is 32.7 Å². The lowest BCUT2D eigenvalue weighted by Crippen LogP contribution is -2.57. The molecule has 86 valence electrons. The lowest BCUT2D eigenvalue weighted by atomic mass is 9.97. The Morgan fingerprint density at radius 1 is 1.40 bits per heavy atom. The summed E-state index contributed by atoms with van der Waals surface area (Å²) in [6.07, 6.45) is 0.152. The maximum Gasteiger partial charge on any atom is 0.317 e. The summed E-state index contributed by atoms with van der Waals surface area (Å²) in [7, 11) is 0. The predicted octanol–water partition coefficient (Wildman–Crippen LogP) is 0.901. The van der Waals surface area contributed by atoms with Crippen LogP contribution in [0.15, 0.2) is 0 Å². The molecular formula is C10H18N2O3. The highest BCUT2D eigenvalue weighted by molar-refractivity contribution is 5.76. The van der Waals surface area contributed by atoms with Crippen LogP contribution in [0.5, 0.6) is 0 Å². The van der Waals surface area contributed by atoms with Gasteiger partial charge in [-0.05, 0) is 20.8 Å². The molecule has 1 saturated heterocycles. The summed E-state index contributed by atoms with van der Waals surface area (Å²) in [5.41, 5.74) is -0.241. The van der Waals surface area contributed by atoms with E-state index in [9.17, 15) is 9.59 Å². The Labute approximate surface area is 89.4 Å². The number of carboxylic acids is 1. The number of hydrogen-bond acceptors (Lipinski definition) is 2. The first kappa shape index (κ1) is 11.8. The van der Waals surface area contributed by atoms with Crippen LogP contribution in [0, 0.1) is 5.92 Å². The van der Waals surface area contributed by atoms with Crippen molar-refractivity contribution < 1.29 is 14.7 Å². The van der Waals surface area contributed by atoms with E-state index in [0.717, 1.165) is 0 Å². The molecule has 1 heterocycles. The molecular weight excluding hydrogens is 196 g/mol. The Bertz CT molecular complexity index is 264. The molecule has 5 heteroatoms. The van der Waals surface area contributed by atoms with Gasteiger partial charge in [-0.3, -0.25) is 4.79 Å². The summed E-state index contributed by atoms with van der Waals surface area (Å²) in [5.74, 6) is -0.677. The molecule has 15 heavy (non-hydrogen) atoms. The molecule has 1 aliphatic heterocycles. The molecule has 0 aromatic heterocycles. The fourth-order valence-corrected chi connectivity index (χ4v) is 1.51. The summed E-state index contributed by atoms with van der Waals surface area (Å²) < 4.78 is 0. The molecule has 1 aliphatic rings. The number of carboxylic acid groups (broad SMARTS) is 1. The highest BCUT2D eigenvalue weighted by atomic mass is 16.4. The molecule has 0 spiro atoms. The number of urea groups is 1. The van der Waals surface area contributed by atoms with Gasteiger partial charge in [-0.15, -0.1) is 0 Å². The van der Waals surface area contributed by atoms with Crippen molar-refractivity contribution in [3.63, 3.8) is 0 Å². The van der Waals surface area contributed by atoms with Gasteiger partial charge in [0.15, 0.2) is 0 Å². The van der Waals surface area contributed by atoms with Gasteiger partial charge in [0.25, 0.3) is 0 Å². The van der Waals surface area contributed by atoms with E-state index < -0.39 is 5.97 Å². The molecule has 1 fully saturated rings. The first-order valence-corrected chi connectivity index (χ1v) is 5.07. The maximum absolute atomic E-state index is 11.5. The monoisotopic (exact) mass is 214 g/mol. The second-order valence-corrected chi connectivity index (χ2v) is 5.05. The third-order valence-corrected chi connectivity index (χ3v) is 2.19. The van der Waals surface area contributed by atoms with E-state index in [1.54, 1.807) is 4.90 Å². The number of aliphatic carboxylic acids is 1. The van der Waals surface area contributed by atoms with E-state index in [2.05, 4.69) is 5.32 Å². The molecule has 5 nitrogen and oxygen atoms in total. The quantitative estimate of drug-likeness (QED) is 0.717. The normalized spacial score (nSPS) is 17.1. The molecule has 1 rings (SSSR count). The molecule has 0 bridgehead atoms. The zero-order valence-electron chi connectivity index (χ0n) is 9.41. The topological polar surface area (TPSA) is 69.6 Å². The van der Waals surface area contributed by atoms with Crippen molar-refractivity contribution in [1.82, 2.24) is 10.2 Å². The van der Waals surface area contributed by atoms with E-state index in [1.165, 1.54) is 0 Å². The van der Waals surface area contributed by atoms with Crippen LogP contribution in [0.3, 0.4) is 0 Å². The lowest BCUT2D eigenvalue weighted by Gasteiger charge is -2.40. The van der Waals surface area contributed by atoms with Crippen LogP contribution in [0.1, 0.15) is 27.2 Å². The molecule has 0 aromatic carbocycles. The smallest absolute Gasteiger partial charge is 0.317 e. The molecule has 0 aromatic rings. The van der Waals surface area contributed by atoms with E-state index in [1.807, 2.05) is 20.8 Å². The lowest BCUT2D eigenvalue weighted by molar-refractivity contribution is -0.139. The summed E-state index contributed by atoms with van der Waals surface area (Å²) in [6.45, 7) is 6.85. The van der Waals surface area contributed by atoms with Gasteiger partial charge < -0.3 is 15.3 Å². The van der Waals surface area contributed by atoms with Gasteiger partial charge in [0.1, 0.15) is 0 Å². The van der Waals surface area contributed by atoms with Crippen molar-refractivity contribution in [3.8, 4) is 0 Å². The minimum absolute atomic E-state index is 0.107. The number of hydrogen-bond donors (Lipinski definition) is 2. The Kier molecular flexibility index (Phi) is 3.21. The number of rotatable bonds is 2. The number of carbonyl (C=O) groups excluding carboxylic acids is 1. The van der Waals surface area contributed by atoms with Crippen LogP contribution in [-0.4, -0.2) is 40.6 Å². The molecule has 2 N–H and O–H groups in total. The number of nitrogens with one attached hydrogen (secondary N) is 1. The first-order valence-electron chi connectivity index (χ1n) is 5.07. The van der Waals surface area contributed by atoms with Gasteiger partial charge in [-0.25, -0.2) is 4.79 Å². The summed E-state index contributed by atoms with van der Waals surface area (Å²) in [5, 5.41) is 11.4. The Morgan fingerprint density at radius 3 is 2.33 bits per heavy atom. The molecule has 0 atom stereocenters. The fraction of sp³-hybridized carbons (Fsp3) is 0.800. The Morgan fingerprint density at radius 2 is 1.93 bits per heavy atom. The van der Waals surface area contributed by atoms with Crippen molar-refractivity contribution in [2.24, 2.45) is 5.92 Å². The third-order valence-electron chi connectivity index (χ3n) is 2.19. The third kappa shape index (κ3) is 3.77. The van der Waals surface area contributed by atoms with Crippen LogP contribution >= 0.6 is 0 Å². The number of amides is 2. The predicted molar refractivity (Wildman–Crippen MR) is 55.6 cm³/mol. The zero-order chi connectivity index (χ0) is 11.6. The Balaban J connectivity index is 2.27. The average molecular weight is 214 g/mol. The highest BCUT2D eigenvalue weighted by Gasteiger charge is 2.33. The number of nitrogens with zero attached hydrogens (tertiary/aromatic N) is 1. The maximum atomic E-state index is 11.5. The van der Waals surface area contributed by atoms with E-state index in [-0.39, 0.29) is 23.9 Å². The summed E-state index contributed by atoms with van der Waals surface area (Å²) in [6, 6.07) is -0.107. The molecule has 0 saturated carbocycles. The van der Waals surface area contributed by atoms with Crippen LogP contribution < -0.4 is 5.32 Å². The van der Waals surface area contributed by atoms with Gasteiger partial charge in [0.05, 0.1) is 6.42 Å². The van der Waals surface area contributed by atoms with Crippen molar-refractivity contribution in [1.29, 1.82) is 0 Å². The van der Waals surface area contributed by atoms with Crippen LogP contribution in [0.4, 0.5) is 4.79 Å². The number of carbonyl (C=O) groups is 2. The largest absolute Gasteiger partial charge is 0.481 e. The van der Waals surface area contributed by atoms with Crippen LogP contribution in [-0.2, 0) is 4.79 Å². The average Bonchev–Trinajstić information content (AvgIpc) is 1.91. The zero-order valence-corrected chi connectivity index (χ0v) is 9.41. The first-order chi connectivity index (χ1) is 6.78. The van der Waals surface area contributed by atoms with Gasteiger partial charge in [0, 0.05) is 24.5 Å². The summed E-state index contributed by atoms with van der Waals surface area (Å²) >= 11 is 0. The Hall–Kier alpha value is -1.26. The molecule has 0 radical (unpaired) electrons. The van der Waals surface area contributed by atoms with Crippen LogP contribution in [0.25, 0.3) is 0 Å². The molecule has 0 unspecified atom stereocenters. The standard InChI is InChI=1S/C10H18N2O3/c1-10(2,3)11-9(15)12-5-7(6-12)4-8(13)14/h7H,4-6H2,1-3H3,(H,11,15)(H,13,14). The van der Waals surface area contributed by atoms with Crippen LogP contribution in [0.2, 0.25) is 0 Å². The molecule has 2 amide bonds. The minimum Gasteiger partial charge on any atom is -0.481 e. The van der Waals surface area contributed by atoms with Gasteiger partial charge in [-0.2, -0.15) is 0 Å². The van der Waals surface area contributed by atoms with E-state index >= 15 is 0 Å². The van der Waals surface area contributed by atoms with Gasteiger partial charge >= 0.3 is 12.0 Å². The van der Waals surface area contributed by atoms with Gasteiger partial charge in [-0.1, -0.05) is 0 Å².